The van der Waals surface area contributed by atoms with E-state index in [-0.39, 0.29) is 0 Å². The highest BCUT2D eigenvalue weighted by molar-refractivity contribution is 5.55. The Morgan fingerprint density at radius 3 is 2.09 bits per heavy atom. The van der Waals surface area contributed by atoms with E-state index in [9.17, 15) is 0 Å². The summed E-state index contributed by atoms with van der Waals surface area (Å²) < 4.78 is 16.2. The number of nitrogens with zero attached hydrogens (tertiary/aromatic N) is 2. The van der Waals surface area contributed by atoms with Crippen LogP contribution in [0.5, 0.6) is 11.5 Å². The van der Waals surface area contributed by atoms with Gasteiger partial charge < -0.3 is 14.0 Å². The predicted octanol–water partition coefficient (Wildman–Crippen LogP) is 3.50. The molecule has 3 rings (SSSR count). The lowest BCUT2D eigenvalue weighted by molar-refractivity contribution is 0.217. The average Bonchev–Trinajstić information content (AvgIpc) is 3.00. The molecule has 0 amide bonds. The van der Waals surface area contributed by atoms with Crippen molar-refractivity contribution in [1.82, 2.24) is 10.1 Å². The second-order valence-electron chi connectivity index (χ2n) is 4.67. The number of hydrogen-bond acceptors (Lipinski definition) is 5. The first-order valence-corrected chi connectivity index (χ1v) is 7.03. The SMILES string of the molecule is Cc1nc(-c2ccc(OCCOc3ccccc3)cc2)no1. The van der Waals surface area contributed by atoms with Gasteiger partial charge in [-0.25, -0.2) is 0 Å². The van der Waals surface area contributed by atoms with Gasteiger partial charge in [-0.2, -0.15) is 4.98 Å². The summed E-state index contributed by atoms with van der Waals surface area (Å²) >= 11 is 0. The standard InChI is InChI=1S/C17H16N2O3/c1-13-18-17(19-22-13)14-7-9-16(10-8-14)21-12-11-20-15-5-3-2-4-6-15/h2-10H,11-12H2,1H3. The molecule has 22 heavy (non-hydrogen) atoms. The lowest BCUT2D eigenvalue weighted by Crippen LogP contribution is -2.08. The molecule has 3 aromatic rings. The number of aryl methyl sites for hydroxylation is 1. The topological polar surface area (TPSA) is 57.4 Å². The van der Waals surface area contributed by atoms with E-state index >= 15 is 0 Å². The number of rotatable bonds is 6. The molecule has 0 saturated heterocycles. The Bertz CT molecular complexity index is 708. The Labute approximate surface area is 128 Å². The highest BCUT2D eigenvalue weighted by Gasteiger charge is 2.05. The molecular weight excluding hydrogens is 280 g/mol. The molecule has 1 aromatic heterocycles. The number of para-hydroxylation sites is 1. The van der Waals surface area contributed by atoms with Crippen molar-refractivity contribution in [1.29, 1.82) is 0 Å². The summed E-state index contributed by atoms with van der Waals surface area (Å²) in [4.78, 5) is 4.18. The van der Waals surface area contributed by atoms with Crippen LogP contribution in [0.3, 0.4) is 0 Å². The van der Waals surface area contributed by atoms with Gasteiger partial charge in [0, 0.05) is 12.5 Å². The Hall–Kier alpha value is -2.82. The monoisotopic (exact) mass is 296 g/mol. The molecule has 5 nitrogen and oxygen atoms in total. The third-order valence-electron chi connectivity index (χ3n) is 3.00. The summed E-state index contributed by atoms with van der Waals surface area (Å²) in [6, 6.07) is 17.2. The van der Waals surface area contributed by atoms with E-state index in [1.165, 1.54) is 0 Å². The molecule has 0 aliphatic heterocycles. The van der Waals surface area contributed by atoms with Gasteiger partial charge in [0.25, 0.3) is 0 Å². The minimum absolute atomic E-state index is 0.482. The van der Waals surface area contributed by atoms with Crippen molar-refractivity contribution < 1.29 is 14.0 Å². The minimum atomic E-state index is 0.482. The van der Waals surface area contributed by atoms with E-state index in [1.807, 2.05) is 54.6 Å². The third kappa shape index (κ3) is 3.63. The highest BCUT2D eigenvalue weighted by Crippen LogP contribution is 2.19. The van der Waals surface area contributed by atoms with Gasteiger partial charge in [-0.05, 0) is 36.4 Å². The molecule has 0 radical (unpaired) electrons. The van der Waals surface area contributed by atoms with Gasteiger partial charge in [-0.15, -0.1) is 0 Å². The number of hydrogen-bond donors (Lipinski definition) is 0. The fourth-order valence-corrected chi connectivity index (χ4v) is 1.95. The Balaban J connectivity index is 1.49. The van der Waals surface area contributed by atoms with E-state index < -0.39 is 0 Å². The molecule has 0 N–H and O–H groups in total. The zero-order valence-electron chi connectivity index (χ0n) is 12.2. The van der Waals surface area contributed by atoms with Crippen molar-refractivity contribution in [3.8, 4) is 22.9 Å². The Morgan fingerprint density at radius 2 is 1.50 bits per heavy atom. The predicted molar refractivity (Wildman–Crippen MR) is 81.9 cm³/mol. The molecule has 0 bridgehead atoms. The molecule has 0 saturated carbocycles. The van der Waals surface area contributed by atoms with Gasteiger partial charge >= 0.3 is 0 Å². The van der Waals surface area contributed by atoms with Gasteiger partial charge in [0.15, 0.2) is 0 Å². The molecule has 0 unspecified atom stereocenters. The maximum atomic E-state index is 5.63. The summed E-state index contributed by atoms with van der Waals surface area (Å²) in [5.74, 6) is 2.75. The van der Waals surface area contributed by atoms with E-state index in [0.717, 1.165) is 17.1 Å². The summed E-state index contributed by atoms with van der Waals surface area (Å²) in [6.45, 7) is 2.74. The molecule has 0 spiro atoms. The van der Waals surface area contributed by atoms with Crippen LogP contribution in [0.1, 0.15) is 5.89 Å². The maximum Gasteiger partial charge on any atom is 0.223 e. The second-order valence-corrected chi connectivity index (χ2v) is 4.67. The molecule has 2 aromatic carbocycles. The van der Waals surface area contributed by atoms with Crippen LogP contribution in [0.2, 0.25) is 0 Å². The first-order chi connectivity index (χ1) is 10.8. The first-order valence-electron chi connectivity index (χ1n) is 7.03. The summed E-state index contributed by atoms with van der Waals surface area (Å²) in [5.41, 5.74) is 0.893. The van der Waals surface area contributed by atoms with Crippen LogP contribution in [0.4, 0.5) is 0 Å². The minimum Gasteiger partial charge on any atom is -0.490 e. The smallest absolute Gasteiger partial charge is 0.223 e. The molecule has 5 heteroatoms. The molecular formula is C17H16N2O3. The lowest BCUT2D eigenvalue weighted by atomic mass is 10.2. The third-order valence-corrected chi connectivity index (χ3v) is 3.00. The van der Waals surface area contributed by atoms with Crippen LogP contribution in [-0.4, -0.2) is 23.4 Å². The first kappa shape index (κ1) is 14.1. The van der Waals surface area contributed by atoms with Crippen LogP contribution in [0, 0.1) is 6.92 Å². The van der Waals surface area contributed by atoms with Gasteiger partial charge in [-0.3, -0.25) is 0 Å². The normalized spacial score (nSPS) is 10.4. The molecule has 0 aliphatic rings. The van der Waals surface area contributed by atoms with E-state index in [4.69, 9.17) is 14.0 Å². The van der Waals surface area contributed by atoms with Crippen LogP contribution in [0.25, 0.3) is 11.4 Å². The fraction of sp³-hybridized carbons (Fsp3) is 0.176. The second kappa shape index (κ2) is 6.76. The zero-order chi connectivity index (χ0) is 15.2. The van der Waals surface area contributed by atoms with Gasteiger partial charge in [0.2, 0.25) is 11.7 Å². The molecule has 0 fully saturated rings. The van der Waals surface area contributed by atoms with Crippen LogP contribution < -0.4 is 9.47 Å². The van der Waals surface area contributed by atoms with E-state index in [2.05, 4.69) is 10.1 Å². The van der Waals surface area contributed by atoms with E-state index in [0.29, 0.717) is 24.9 Å². The Morgan fingerprint density at radius 1 is 0.864 bits per heavy atom. The lowest BCUT2D eigenvalue weighted by Gasteiger charge is -2.08. The van der Waals surface area contributed by atoms with Crippen molar-refractivity contribution in [3.05, 3.63) is 60.5 Å². The largest absolute Gasteiger partial charge is 0.490 e. The van der Waals surface area contributed by atoms with Crippen LogP contribution in [-0.2, 0) is 0 Å². The van der Waals surface area contributed by atoms with Crippen LogP contribution in [0.15, 0.2) is 59.1 Å². The van der Waals surface area contributed by atoms with Gasteiger partial charge in [0.1, 0.15) is 24.7 Å². The highest BCUT2D eigenvalue weighted by atomic mass is 16.5. The van der Waals surface area contributed by atoms with E-state index in [1.54, 1.807) is 6.92 Å². The molecule has 0 aliphatic carbocycles. The maximum absolute atomic E-state index is 5.63. The zero-order valence-corrected chi connectivity index (χ0v) is 12.2. The van der Waals surface area contributed by atoms with Crippen molar-refractivity contribution in [2.45, 2.75) is 6.92 Å². The van der Waals surface area contributed by atoms with Gasteiger partial charge in [0.05, 0.1) is 0 Å². The Kier molecular flexibility index (Phi) is 4.34. The molecule has 1 heterocycles. The number of benzene rings is 2. The number of aromatic nitrogens is 2. The van der Waals surface area contributed by atoms with Crippen molar-refractivity contribution in [3.63, 3.8) is 0 Å². The molecule has 0 atom stereocenters. The molecule has 112 valence electrons. The number of ether oxygens (including phenoxy) is 2. The summed E-state index contributed by atoms with van der Waals surface area (Å²) in [7, 11) is 0. The van der Waals surface area contributed by atoms with Crippen molar-refractivity contribution in [2.24, 2.45) is 0 Å². The van der Waals surface area contributed by atoms with Gasteiger partial charge in [-0.1, -0.05) is 23.4 Å². The van der Waals surface area contributed by atoms with Crippen molar-refractivity contribution >= 4 is 0 Å². The average molecular weight is 296 g/mol. The summed E-state index contributed by atoms with van der Waals surface area (Å²) in [6.07, 6.45) is 0. The van der Waals surface area contributed by atoms with Crippen LogP contribution >= 0.6 is 0 Å². The quantitative estimate of drug-likeness (QED) is 0.652. The van der Waals surface area contributed by atoms with Crippen molar-refractivity contribution in [2.75, 3.05) is 13.2 Å². The fourth-order valence-electron chi connectivity index (χ4n) is 1.95. The summed E-state index contributed by atoms with van der Waals surface area (Å²) in [5, 5.41) is 3.88.